The molecule has 2 aliphatic rings. The van der Waals surface area contributed by atoms with Gasteiger partial charge in [0, 0.05) is 36.3 Å². The van der Waals surface area contributed by atoms with Crippen molar-refractivity contribution < 1.29 is 9.18 Å². The fraction of sp³-hybridized carbons (Fsp3) is 0.500. The number of pyridine rings is 1. The molecule has 1 saturated heterocycles. The maximum Gasteiger partial charge on any atom is 0.263 e. The second-order valence-electron chi connectivity index (χ2n) is 9.84. The van der Waals surface area contributed by atoms with Crippen LogP contribution in [0, 0.1) is 19.3 Å². The standard InChI is InChI=1S/C24H30FN7OS/c1-12-19-20(27)21(34-23(19)29-13(2)28-12)22(33)30-15-5-6-16-14(8-15)4-7-18(31-16)32-9-17(26)24(3,10-25)11-32/h4,7,15,17H,5-6,8-11,26-27H2,1-3H3,(H,30,33). The Hall–Kier alpha value is -2.85. The van der Waals surface area contributed by atoms with Crippen molar-refractivity contribution in [3.05, 3.63) is 39.8 Å². The highest BCUT2D eigenvalue weighted by atomic mass is 32.1. The van der Waals surface area contributed by atoms with E-state index in [-0.39, 0.29) is 18.0 Å². The average molecular weight is 484 g/mol. The van der Waals surface area contributed by atoms with E-state index in [0.29, 0.717) is 35.9 Å². The van der Waals surface area contributed by atoms with Crippen LogP contribution in [0.15, 0.2) is 12.1 Å². The number of nitrogens with two attached hydrogens (primary N) is 2. The third-order valence-electron chi connectivity index (χ3n) is 7.17. The first-order valence-corrected chi connectivity index (χ1v) is 12.4. The molecule has 5 N–H and O–H groups in total. The van der Waals surface area contributed by atoms with Crippen LogP contribution in [0.5, 0.6) is 0 Å². The van der Waals surface area contributed by atoms with Crippen molar-refractivity contribution in [3.8, 4) is 0 Å². The maximum absolute atomic E-state index is 13.5. The highest BCUT2D eigenvalue weighted by Gasteiger charge is 2.41. The first-order valence-electron chi connectivity index (χ1n) is 11.6. The topological polar surface area (TPSA) is 123 Å². The SMILES string of the molecule is Cc1nc(C)c2c(N)c(C(=O)NC3CCc4nc(N5CC(N)C(C)(CF)C5)ccc4C3)sc2n1. The van der Waals surface area contributed by atoms with Crippen LogP contribution in [0.4, 0.5) is 15.9 Å². The van der Waals surface area contributed by atoms with Gasteiger partial charge in [-0.2, -0.15) is 0 Å². The van der Waals surface area contributed by atoms with Gasteiger partial charge in [-0.25, -0.2) is 15.0 Å². The van der Waals surface area contributed by atoms with Crippen molar-refractivity contribution in [3.63, 3.8) is 0 Å². The molecule has 3 unspecified atom stereocenters. The van der Waals surface area contributed by atoms with Gasteiger partial charge in [0.05, 0.1) is 23.4 Å². The second-order valence-corrected chi connectivity index (χ2v) is 10.8. The number of hydrogen-bond acceptors (Lipinski definition) is 8. The maximum atomic E-state index is 13.5. The molecule has 1 amide bonds. The molecule has 0 bridgehead atoms. The fourth-order valence-corrected chi connectivity index (χ4v) is 6.13. The Morgan fingerprint density at radius 1 is 1.32 bits per heavy atom. The summed E-state index contributed by atoms with van der Waals surface area (Å²) in [5.74, 6) is 1.34. The second kappa shape index (κ2) is 8.42. The summed E-state index contributed by atoms with van der Waals surface area (Å²) >= 11 is 1.31. The van der Waals surface area contributed by atoms with Crippen molar-refractivity contribution >= 4 is 39.0 Å². The highest BCUT2D eigenvalue weighted by Crippen LogP contribution is 2.35. The quantitative estimate of drug-likeness (QED) is 0.521. The van der Waals surface area contributed by atoms with Gasteiger partial charge in [-0.1, -0.05) is 13.0 Å². The van der Waals surface area contributed by atoms with Gasteiger partial charge < -0.3 is 21.7 Å². The van der Waals surface area contributed by atoms with E-state index in [1.807, 2.05) is 26.8 Å². The predicted octanol–water partition coefficient (Wildman–Crippen LogP) is 2.70. The van der Waals surface area contributed by atoms with E-state index in [1.54, 1.807) is 0 Å². The van der Waals surface area contributed by atoms with Crippen LogP contribution >= 0.6 is 11.3 Å². The zero-order valence-electron chi connectivity index (χ0n) is 19.7. The van der Waals surface area contributed by atoms with Crippen LogP contribution in [-0.4, -0.2) is 52.7 Å². The van der Waals surface area contributed by atoms with Crippen LogP contribution in [0.1, 0.15) is 45.8 Å². The largest absolute Gasteiger partial charge is 0.397 e. The molecule has 4 heterocycles. The molecule has 0 spiro atoms. The van der Waals surface area contributed by atoms with E-state index >= 15 is 0 Å². The Morgan fingerprint density at radius 3 is 2.85 bits per heavy atom. The number of halogens is 1. The lowest BCUT2D eigenvalue weighted by molar-refractivity contribution is 0.0938. The number of alkyl halides is 1. The van der Waals surface area contributed by atoms with Gasteiger partial charge in [-0.3, -0.25) is 9.18 Å². The lowest BCUT2D eigenvalue weighted by atomic mass is 9.87. The number of nitrogen functional groups attached to an aromatic ring is 1. The Balaban J connectivity index is 1.29. The van der Waals surface area contributed by atoms with Gasteiger partial charge in [0.15, 0.2) is 0 Å². The number of carbonyl (C=O) groups excluding carboxylic acids is 1. The number of thiophene rings is 1. The molecule has 8 nitrogen and oxygen atoms in total. The summed E-state index contributed by atoms with van der Waals surface area (Å²) in [6.07, 6.45) is 2.26. The molecule has 0 aromatic carbocycles. The number of nitrogens with one attached hydrogen (secondary N) is 1. The van der Waals surface area contributed by atoms with Gasteiger partial charge >= 0.3 is 0 Å². The molecule has 1 aliphatic carbocycles. The van der Waals surface area contributed by atoms with E-state index in [0.717, 1.165) is 45.8 Å². The summed E-state index contributed by atoms with van der Waals surface area (Å²) in [5, 5.41) is 3.91. The molecule has 1 aliphatic heterocycles. The van der Waals surface area contributed by atoms with Crippen LogP contribution in [-0.2, 0) is 12.8 Å². The van der Waals surface area contributed by atoms with Crippen molar-refractivity contribution in [2.75, 3.05) is 30.4 Å². The van der Waals surface area contributed by atoms with Crippen LogP contribution in [0.25, 0.3) is 10.2 Å². The molecule has 3 aromatic heterocycles. The van der Waals surface area contributed by atoms with Crippen molar-refractivity contribution in [1.29, 1.82) is 0 Å². The van der Waals surface area contributed by atoms with E-state index in [4.69, 9.17) is 16.5 Å². The lowest BCUT2D eigenvalue weighted by Gasteiger charge is -2.27. The van der Waals surface area contributed by atoms with Crippen LogP contribution < -0.4 is 21.7 Å². The number of rotatable bonds is 4. The van der Waals surface area contributed by atoms with Gasteiger partial charge in [-0.05, 0) is 44.7 Å². The van der Waals surface area contributed by atoms with Gasteiger partial charge in [0.2, 0.25) is 0 Å². The number of amides is 1. The number of nitrogens with zero attached hydrogens (tertiary/aromatic N) is 4. The number of aromatic nitrogens is 3. The summed E-state index contributed by atoms with van der Waals surface area (Å²) in [5.41, 5.74) is 15.4. The number of anilines is 2. The van der Waals surface area contributed by atoms with Gasteiger partial charge in [0.25, 0.3) is 5.91 Å². The van der Waals surface area contributed by atoms with E-state index < -0.39 is 12.1 Å². The Labute approximate surface area is 202 Å². The van der Waals surface area contributed by atoms with Crippen molar-refractivity contribution in [1.82, 2.24) is 20.3 Å². The first-order chi connectivity index (χ1) is 16.2. The minimum Gasteiger partial charge on any atom is -0.397 e. The summed E-state index contributed by atoms with van der Waals surface area (Å²) in [6.45, 7) is 6.34. The third-order valence-corrected chi connectivity index (χ3v) is 8.26. The summed E-state index contributed by atoms with van der Waals surface area (Å²) in [6, 6.07) is 3.84. The van der Waals surface area contributed by atoms with Gasteiger partial charge in [0.1, 0.15) is 21.3 Å². The molecule has 3 aromatic rings. The molecular weight excluding hydrogens is 453 g/mol. The Morgan fingerprint density at radius 2 is 2.12 bits per heavy atom. The minimum absolute atomic E-state index is 0.00113. The number of carbonyl (C=O) groups is 1. The fourth-order valence-electron chi connectivity index (χ4n) is 5.04. The molecule has 0 radical (unpaired) electrons. The van der Waals surface area contributed by atoms with Crippen LogP contribution in [0.3, 0.4) is 0 Å². The molecular formula is C24H30FN7OS. The summed E-state index contributed by atoms with van der Waals surface area (Å²) in [4.78, 5) is 30.1. The number of aryl methyl sites for hydroxylation is 3. The number of hydrogen-bond donors (Lipinski definition) is 3. The zero-order chi connectivity index (χ0) is 24.2. The molecule has 5 rings (SSSR count). The minimum atomic E-state index is -0.537. The summed E-state index contributed by atoms with van der Waals surface area (Å²) in [7, 11) is 0. The third kappa shape index (κ3) is 3.88. The van der Waals surface area contributed by atoms with Crippen molar-refractivity contribution in [2.45, 2.75) is 52.1 Å². The molecule has 34 heavy (non-hydrogen) atoms. The molecule has 1 fully saturated rings. The predicted molar refractivity (Wildman–Crippen MR) is 133 cm³/mol. The van der Waals surface area contributed by atoms with E-state index in [9.17, 15) is 9.18 Å². The molecule has 10 heteroatoms. The number of fused-ring (bicyclic) bond motifs is 2. The lowest BCUT2D eigenvalue weighted by Crippen LogP contribution is -2.39. The van der Waals surface area contributed by atoms with Crippen LogP contribution in [0.2, 0.25) is 0 Å². The van der Waals surface area contributed by atoms with E-state index in [1.165, 1.54) is 11.3 Å². The molecule has 3 atom stereocenters. The Kier molecular flexibility index (Phi) is 5.68. The molecule has 0 saturated carbocycles. The Bertz CT molecular complexity index is 1280. The monoisotopic (exact) mass is 483 g/mol. The normalized spacial score (nSPS) is 24.4. The van der Waals surface area contributed by atoms with Crippen molar-refractivity contribution in [2.24, 2.45) is 11.1 Å². The highest BCUT2D eigenvalue weighted by molar-refractivity contribution is 7.21. The average Bonchev–Trinajstić information content (AvgIpc) is 3.30. The van der Waals surface area contributed by atoms with Gasteiger partial charge in [-0.15, -0.1) is 11.3 Å². The zero-order valence-corrected chi connectivity index (χ0v) is 20.5. The first kappa shape index (κ1) is 22.9. The van der Waals surface area contributed by atoms with E-state index in [2.05, 4.69) is 26.3 Å². The summed E-state index contributed by atoms with van der Waals surface area (Å²) < 4.78 is 13.5. The molecule has 180 valence electrons. The smallest absolute Gasteiger partial charge is 0.263 e.